The van der Waals surface area contributed by atoms with Gasteiger partial charge in [0.25, 0.3) is 7.82 Å². The minimum Gasteiger partial charge on any atom is -0.756 e. The molecular weight excluding hydrogens is 1240 g/mol. The van der Waals surface area contributed by atoms with Crippen LogP contribution in [-0.2, 0) is 85.0 Å². The van der Waals surface area contributed by atoms with Gasteiger partial charge in [0, 0.05) is 53.5 Å². The van der Waals surface area contributed by atoms with E-state index in [-0.39, 0.29) is 118 Å². The molecule has 0 radical (unpaired) electrons. The molecule has 91 heavy (non-hydrogen) atoms. The van der Waals surface area contributed by atoms with Crippen LogP contribution in [0.3, 0.4) is 0 Å². The number of phosphoric ester groups is 1. The predicted octanol–water partition coefficient (Wildman–Crippen LogP) is -8.27. The molecule has 15 N–H and O–H groups in total. The van der Waals surface area contributed by atoms with Gasteiger partial charge in [-0.3, -0.25) is 43.1 Å². The Morgan fingerprint density at radius 2 is 0.791 bits per heavy atom. The minimum atomic E-state index is -4.54. The fourth-order valence-corrected chi connectivity index (χ4v) is 10.6. The molecule has 0 bridgehead atoms. The first-order valence-electron chi connectivity index (χ1n) is 30.3. The lowest BCUT2D eigenvalue weighted by atomic mass is 9.97. The van der Waals surface area contributed by atoms with Gasteiger partial charge in [-0.05, 0) is 40.2 Å². The van der Waals surface area contributed by atoms with Crippen molar-refractivity contribution < 1.29 is 136 Å². The number of nitrogens with zero attached hydrogens (tertiary/aromatic N) is 2. The van der Waals surface area contributed by atoms with Crippen LogP contribution >= 0.6 is 7.82 Å². The molecule has 37 heteroatoms. The summed E-state index contributed by atoms with van der Waals surface area (Å²) in [5.41, 5.74) is -0.976. The van der Waals surface area contributed by atoms with Crippen LogP contribution < -0.4 is 36.8 Å². The summed E-state index contributed by atoms with van der Waals surface area (Å²) in [6.45, 7) is 5.88. The third-order valence-electron chi connectivity index (χ3n) is 13.8. The van der Waals surface area contributed by atoms with E-state index in [0.717, 1.165) is 0 Å². The smallest absolute Gasteiger partial charge is 0.268 e. The lowest BCUT2D eigenvalue weighted by Gasteiger charge is -2.42. The lowest BCUT2D eigenvalue weighted by Crippen LogP contribution is -2.64. The normalized spacial score (nSPS) is 27.6. The van der Waals surface area contributed by atoms with E-state index in [0.29, 0.717) is 32.2 Å². The number of carbonyl (C=O) groups excluding carboxylic acids is 6. The van der Waals surface area contributed by atoms with Gasteiger partial charge in [-0.2, -0.15) is 0 Å². The average Bonchev–Trinajstić information content (AvgIpc) is 1.13. The summed E-state index contributed by atoms with van der Waals surface area (Å²) in [4.78, 5) is 91.3. The highest BCUT2D eigenvalue weighted by Crippen LogP contribution is 2.43. The Balaban J connectivity index is 1.63. The molecule has 3 rings (SSSR count). The van der Waals surface area contributed by atoms with E-state index in [2.05, 4.69) is 31.9 Å². The highest BCUT2D eigenvalue weighted by molar-refractivity contribution is 7.45. The van der Waals surface area contributed by atoms with Gasteiger partial charge in [0.05, 0.1) is 111 Å². The van der Waals surface area contributed by atoms with Crippen molar-refractivity contribution >= 4 is 43.3 Å². The van der Waals surface area contributed by atoms with Gasteiger partial charge < -0.3 is 134 Å². The molecule has 530 valence electrons. The lowest BCUT2D eigenvalue weighted by molar-refractivity contribution is -0.272. The van der Waals surface area contributed by atoms with Crippen LogP contribution in [0, 0.1) is 0 Å². The zero-order valence-corrected chi connectivity index (χ0v) is 53.6. The van der Waals surface area contributed by atoms with Gasteiger partial charge in [0.2, 0.25) is 35.4 Å². The Labute approximate surface area is 529 Å². The zero-order valence-electron chi connectivity index (χ0n) is 52.7. The maximum absolute atomic E-state index is 13.5. The number of aliphatic hydroxyl groups excluding tert-OH is 9. The molecule has 0 spiro atoms. The van der Waals surface area contributed by atoms with Crippen molar-refractivity contribution in [3.63, 3.8) is 0 Å². The largest absolute Gasteiger partial charge is 0.756 e. The number of hydrogen-bond acceptors (Lipinski definition) is 30. The maximum atomic E-state index is 13.5. The number of ether oxygens (including phenoxy) is 9. The van der Waals surface area contributed by atoms with E-state index in [4.69, 9.17) is 51.7 Å². The van der Waals surface area contributed by atoms with Crippen LogP contribution in [0.25, 0.3) is 0 Å². The highest BCUT2D eigenvalue weighted by atomic mass is 31.2. The van der Waals surface area contributed by atoms with Gasteiger partial charge in [-0.1, -0.05) is 12.8 Å². The quantitative estimate of drug-likeness (QED) is 0.0199. The molecule has 0 aromatic rings. The summed E-state index contributed by atoms with van der Waals surface area (Å²) < 4.78 is 72.7. The second-order valence-corrected chi connectivity index (χ2v) is 24.0. The molecule has 3 aliphatic rings. The van der Waals surface area contributed by atoms with E-state index in [1.807, 2.05) is 4.90 Å². The minimum absolute atomic E-state index is 0.00715. The molecule has 0 aromatic carbocycles. The topological polar surface area (TPSA) is 505 Å². The standard InChI is InChI=1S/C54H101N8O28P/c1-33(66)58-42-48(75)45(72)36(30-63)87-51(42)83-24-21-80-18-11-55-39(69)27-61(14-9-7-8-10-17-86-91(78,79)90-54(4,5)6)15-16-62(28-40(70)56-12-19-81-22-25-84-52-43(59-34(2)67)49(76)46(73)37(31-64)88-52)29-41(71)57-13-20-82-23-26-85-53-44(60-35(3)68)50(77)47(74)38(32-65)89-53/h36-38,42-53,63-65,72-77H,7-32H2,1-6H3,(H,55,69)(H,56,70)(H,57,71)(H,58,66)(H,59,67)(H,60,68)(H,78,79)/p-1. The molecule has 36 nitrogen and oxygen atoms in total. The zero-order chi connectivity index (χ0) is 67.7. The Hall–Kier alpha value is -3.87. The molecule has 3 fully saturated rings. The number of carbonyl (C=O) groups is 6. The number of hydrogen-bond donors (Lipinski definition) is 15. The third-order valence-corrected chi connectivity index (χ3v) is 15.1. The summed E-state index contributed by atoms with van der Waals surface area (Å²) in [5, 5.41) is 107. The Bertz CT molecular complexity index is 2100. The number of unbranched alkanes of at least 4 members (excludes halogenated alkanes) is 3. The van der Waals surface area contributed by atoms with E-state index in [9.17, 15) is 84.2 Å². The molecule has 16 unspecified atom stereocenters. The molecular formula is C54H100N8O28P-. The fourth-order valence-electron chi connectivity index (χ4n) is 9.48. The third kappa shape index (κ3) is 32.0. The van der Waals surface area contributed by atoms with Gasteiger partial charge in [0.15, 0.2) is 18.9 Å². The van der Waals surface area contributed by atoms with Gasteiger partial charge >= 0.3 is 0 Å². The number of aliphatic hydroxyl groups is 9. The van der Waals surface area contributed by atoms with Gasteiger partial charge in [-0.25, -0.2) is 0 Å². The van der Waals surface area contributed by atoms with Gasteiger partial charge in [-0.15, -0.1) is 0 Å². The molecule has 3 aliphatic heterocycles. The van der Waals surface area contributed by atoms with E-state index in [1.165, 1.54) is 20.8 Å². The molecule has 3 saturated heterocycles. The first kappa shape index (κ1) is 81.4. The summed E-state index contributed by atoms with van der Waals surface area (Å²) in [6, 6.07) is -3.46. The van der Waals surface area contributed by atoms with Crippen LogP contribution in [0.15, 0.2) is 0 Å². The first-order valence-corrected chi connectivity index (χ1v) is 31.7. The van der Waals surface area contributed by atoms with Crippen molar-refractivity contribution in [2.24, 2.45) is 0 Å². The number of amides is 6. The van der Waals surface area contributed by atoms with E-state index in [1.54, 1.807) is 25.7 Å². The van der Waals surface area contributed by atoms with Crippen LogP contribution in [0.4, 0.5) is 0 Å². The van der Waals surface area contributed by atoms with Crippen molar-refractivity contribution in [3.8, 4) is 0 Å². The van der Waals surface area contributed by atoms with Crippen LogP contribution in [0.5, 0.6) is 0 Å². The molecule has 0 saturated carbocycles. The number of rotatable bonds is 45. The van der Waals surface area contributed by atoms with E-state index >= 15 is 0 Å². The average molecular weight is 1340 g/mol. The Kier molecular flexibility index (Phi) is 38.7. The van der Waals surface area contributed by atoms with Gasteiger partial charge in [0.1, 0.15) is 73.1 Å². The predicted molar refractivity (Wildman–Crippen MR) is 311 cm³/mol. The summed E-state index contributed by atoms with van der Waals surface area (Å²) in [5.74, 6) is -2.98. The summed E-state index contributed by atoms with van der Waals surface area (Å²) in [6.07, 6.45) is -14.2. The summed E-state index contributed by atoms with van der Waals surface area (Å²) in [7, 11) is -4.54. The molecule has 16 atom stereocenters. The Morgan fingerprint density at radius 1 is 0.462 bits per heavy atom. The van der Waals surface area contributed by atoms with Crippen LogP contribution in [0.2, 0.25) is 0 Å². The second-order valence-electron chi connectivity index (χ2n) is 22.7. The Morgan fingerprint density at radius 3 is 1.12 bits per heavy atom. The SMILES string of the molecule is CC(=O)NC1C(OCCOCCNC(=O)CN(CCCCCCOP(=O)([O-])OC(C)(C)C)CCN(CC(=O)NCCOCCOC2OC(CO)C(O)C(O)C2NC(C)=O)CC(=O)NCCOCCOC2OC(CO)C(O)C(O)C2NC(C)=O)OC(CO)C(O)C1O. The van der Waals surface area contributed by atoms with Crippen LogP contribution in [0.1, 0.15) is 67.2 Å². The van der Waals surface area contributed by atoms with Crippen molar-refractivity contribution in [2.75, 3.05) is 145 Å². The molecule has 0 aliphatic carbocycles. The summed E-state index contributed by atoms with van der Waals surface area (Å²) >= 11 is 0. The molecule has 6 amide bonds. The monoisotopic (exact) mass is 1340 g/mol. The van der Waals surface area contributed by atoms with Crippen molar-refractivity contribution in [3.05, 3.63) is 0 Å². The van der Waals surface area contributed by atoms with Crippen molar-refractivity contribution in [2.45, 2.75) is 165 Å². The van der Waals surface area contributed by atoms with Crippen LogP contribution in [-0.4, -0.2) is 334 Å². The fraction of sp³-hybridized carbons (Fsp3) is 0.889. The van der Waals surface area contributed by atoms with E-state index < -0.39 is 161 Å². The number of phosphoric acid groups is 1. The van der Waals surface area contributed by atoms with Crippen molar-refractivity contribution in [1.82, 2.24) is 41.7 Å². The van der Waals surface area contributed by atoms with Crippen molar-refractivity contribution in [1.29, 1.82) is 0 Å². The maximum Gasteiger partial charge on any atom is 0.268 e. The second kappa shape index (κ2) is 43.3. The molecule has 0 aromatic heterocycles. The number of nitrogens with one attached hydrogen (secondary N) is 6. The first-order chi connectivity index (χ1) is 43.1. The highest BCUT2D eigenvalue weighted by Gasteiger charge is 2.48. The molecule has 3 heterocycles.